The number of anilines is 2. The van der Waals surface area contributed by atoms with E-state index in [1.54, 1.807) is 66.9 Å². The van der Waals surface area contributed by atoms with E-state index in [-0.39, 0.29) is 34.7 Å². The fourth-order valence-corrected chi connectivity index (χ4v) is 6.37. The Hall–Kier alpha value is -4.82. The summed E-state index contributed by atoms with van der Waals surface area (Å²) in [7, 11) is 0. The fourth-order valence-electron chi connectivity index (χ4n) is 6.13. The molecule has 1 saturated heterocycles. The highest BCUT2D eigenvalue weighted by molar-refractivity contribution is 6.32. The van der Waals surface area contributed by atoms with Gasteiger partial charge in [0.1, 0.15) is 5.54 Å². The molecule has 218 valence electrons. The summed E-state index contributed by atoms with van der Waals surface area (Å²) in [5.41, 5.74) is -0.293. The summed E-state index contributed by atoms with van der Waals surface area (Å²) in [4.78, 5) is 43.9. The predicted octanol–water partition coefficient (Wildman–Crippen LogP) is 5.29. The van der Waals surface area contributed by atoms with Crippen molar-refractivity contribution in [1.82, 2.24) is 15.5 Å². The number of aromatic nitrogens is 2. The third-order valence-electron chi connectivity index (χ3n) is 8.11. The van der Waals surface area contributed by atoms with Crippen molar-refractivity contribution in [3.63, 3.8) is 0 Å². The van der Waals surface area contributed by atoms with E-state index in [0.29, 0.717) is 11.2 Å². The van der Waals surface area contributed by atoms with Crippen LogP contribution in [0.5, 0.6) is 0 Å². The van der Waals surface area contributed by atoms with Crippen molar-refractivity contribution >= 4 is 51.6 Å². The molecule has 6 rings (SSSR count). The van der Waals surface area contributed by atoms with Gasteiger partial charge < -0.3 is 10.6 Å². The van der Waals surface area contributed by atoms with Gasteiger partial charge in [-0.2, -0.15) is 10.4 Å². The van der Waals surface area contributed by atoms with Gasteiger partial charge in [-0.3, -0.25) is 24.4 Å². The molecule has 2 heterocycles. The van der Waals surface area contributed by atoms with Crippen molar-refractivity contribution in [2.45, 2.75) is 49.1 Å². The normalized spacial score (nSPS) is 20.3. The zero-order chi connectivity index (χ0) is 30.4. The molecule has 1 aromatic heterocycles. The number of fused-ring (bicyclic) bond motifs is 1. The second-order valence-electron chi connectivity index (χ2n) is 10.8. The zero-order valence-corrected chi connectivity index (χ0v) is 23.4. The number of hydrogen-bond donors (Lipinski definition) is 3. The van der Waals surface area contributed by atoms with Crippen molar-refractivity contribution in [2.75, 3.05) is 10.2 Å². The molecule has 2 aliphatic rings. The van der Waals surface area contributed by atoms with Crippen LogP contribution in [0.2, 0.25) is 5.02 Å². The Morgan fingerprint density at radius 3 is 2.63 bits per heavy atom. The van der Waals surface area contributed by atoms with Crippen LogP contribution in [0.1, 0.15) is 42.7 Å². The molecule has 3 N–H and O–H groups in total. The molecule has 0 spiro atoms. The molecule has 9 nitrogen and oxygen atoms in total. The van der Waals surface area contributed by atoms with E-state index in [1.807, 2.05) is 6.07 Å². The van der Waals surface area contributed by atoms with E-state index in [9.17, 15) is 28.4 Å². The first kappa shape index (κ1) is 28.3. The minimum Gasteiger partial charge on any atom is -0.352 e. The van der Waals surface area contributed by atoms with Gasteiger partial charge in [0.2, 0.25) is 11.8 Å². The lowest BCUT2D eigenvalue weighted by atomic mass is 9.74. The first-order valence-electron chi connectivity index (χ1n) is 13.6. The maximum atomic E-state index is 14.7. The summed E-state index contributed by atoms with van der Waals surface area (Å²) in [5, 5.41) is 23.0. The Kier molecular flexibility index (Phi) is 7.10. The van der Waals surface area contributed by atoms with Gasteiger partial charge in [-0.1, -0.05) is 48.0 Å². The van der Waals surface area contributed by atoms with Crippen LogP contribution in [0.15, 0.2) is 72.9 Å². The minimum atomic E-state index is -2.90. The Morgan fingerprint density at radius 1 is 1.12 bits per heavy atom. The second kappa shape index (κ2) is 10.8. The summed E-state index contributed by atoms with van der Waals surface area (Å²) >= 11 is 6.65. The number of nitrogens with zero attached hydrogens (tertiary/aromatic N) is 3. The number of alkyl halides is 2. The monoisotopic (exact) mass is 602 g/mol. The highest BCUT2D eigenvalue weighted by atomic mass is 35.5. The molecule has 0 radical (unpaired) electrons. The number of halogens is 3. The number of nitriles is 1. The van der Waals surface area contributed by atoms with Crippen molar-refractivity contribution < 1.29 is 23.2 Å². The lowest BCUT2D eigenvalue weighted by Crippen LogP contribution is -2.63. The van der Waals surface area contributed by atoms with Gasteiger partial charge in [-0.05, 0) is 42.3 Å². The summed E-state index contributed by atoms with van der Waals surface area (Å²) < 4.78 is 27.5. The predicted molar refractivity (Wildman–Crippen MR) is 156 cm³/mol. The topological polar surface area (TPSA) is 131 Å². The maximum Gasteiger partial charge on any atom is 0.252 e. The first-order chi connectivity index (χ1) is 20.6. The molecule has 43 heavy (non-hydrogen) atoms. The molecule has 1 aliphatic carbocycles. The molecular weight excluding hydrogens is 578 g/mol. The van der Waals surface area contributed by atoms with Crippen LogP contribution in [0.4, 0.5) is 20.2 Å². The number of carbonyl (C=O) groups excluding carboxylic acids is 3. The highest BCUT2D eigenvalue weighted by Gasteiger charge is 2.60. The molecule has 1 unspecified atom stereocenters. The number of hydrogen-bond acceptors (Lipinski definition) is 5. The third kappa shape index (κ3) is 4.97. The highest BCUT2D eigenvalue weighted by Crippen LogP contribution is 2.48. The van der Waals surface area contributed by atoms with Crippen molar-refractivity contribution in [1.29, 1.82) is 5.26 Å². The number of H-pyrrole nitrogens is 1. The first-order valence-corrected chi connectivity index (χ1v) is 14.0. The van der Waals surface area contributed by atoms with Crippen molar-refractivity contribution in [3.05, 3.63) is 89.1 Å². The number of benzene rings is 3. The Labute approximate surface area is 249 Å². The summed E-state index contributed by atoms with van der Waals surface area (Å²) in [5.74, 6) is -6.18. The standard InChI is InChI=1S/C31H25ClF2N6O3/c32-23-9-2-1-8-22(23)26(28(42)37-20-14-30(33,34)15-20)31(29(43)38-24-10-4-6-19-17-36-39-27(19)24)12-11-25(41)40(31)21-7-3-5-18(13-21)16-35/h1-10,13,17,20,26H,11-12,14-15H2,(H,36,39)(H,37,42)(H,38,43)/t26-,31?/m1/s1. The maximum absolute atomic E-state index is 14.7. The summed E-state index contributed by atoms with van der Waals surface area (Å²) in [6, 6.07) is 19.0. The van der Waals surface area contributed by atoms with Gasteiger partial charge in [-0.15, -0.1) is 0 Å². The van der Waals surface area contributed by atoms with Gasteiger partial charge in [0, 0.05) is 41.4 Å². The average Bonchev–Trinajstić information content (AvgIpc) is 3.59. The number of amides is 3. The number of rotatable bonds is 7. The molecule has 3 aromatic carbocycles. The van der Waals surface area contributed by atoms with E-state index in [0.717, 1.165) is 5.39 Å². The van der Waals surface area contributed by atoms with Crippen molar-refractivity contribution in [2.24, 2.45) is 0 Å². The van der Waals surface area contributed by atoms with E-state index >= 15 is 0 Å². The van der Waals surface area contributed by atoms with Crippen LogP contribution in [0.3, 0.4) is 0 Å². The van der Waals surface area contributed by atoms with Gasteiger partial charge >= 0.3 is 0 Å². The quantitative estimate of drug-likeness (QED) is 0.265. The SMILES string of the molecule is N#Cc1cccc(N2C(=O)CCC2(C(=O)Nc2cccc3cn[nH]c23)[C@@H](C(=O)NC2CC(F)(F)C2)c2ccccc2Cl)c1. The number of carbonyl (C=O) groups is 3. The smallest absolute Gasteiger partial charge is 0.252 e. The lowest BCUT2D eigenvalue weighted by Gasteiger charge is -2.44. The molecule has 4 aromatic rings. The molecule has 2 fully saturated rings. The molecular formula is C31H25ClF2N6O3. The number of nitrogens with one attached hydrogen (secondary N) is 3. The molecule has 12 heteroatoms. The molecule has 2 atom stereocenters. The van der Waals surface area contributed by atoms with Crippen LogP contribution >= 0.6 is 11.6 Å². The summed E-state index contributed by atoms with van der Waals surface area (Å²) in [6.07, 6.45) is 0.309. The Bertz CT molecular complexity index is 1800. The van der Waals surface area contributed by atoms with E-state index in [1.165, 1.54) is 11.0 Å². The molecule has 1 saturated carbocycles. The van der Waals surface area contributed by atoms with E-state index < -0.39 is 54.0 Å². The molecule has 1 aliphatic heterocycles. The minimum absolute atomic E-state index is 0.0997. The fraction of sp³-hybridized carbons (Fsp3) is 0.258. The van der Waals surface area contributed by atoms with E-state index in [2.05, 4.69) is 20.8 Å². The van der Waals surface area contributed by atoms with Crippen molar-refractivity contribution in [3.8, 4) is 6.07 Å². The third-order valence-corrected chi connectivity index (χ3v) is 8.46. The lowest BCUT2D eigenvalue weighted by molar-refractivity contribution is -0.136. The van der Waals surface area contributed by atoms with Gasteiger partial charge in [0.15, 0.2) is 0 Å². The van der Waals surface area contributed by atoms with Crippen LogP contribution in [0.25, 0.3) is 10.9 Å². The van der Waals surface area contributed by atoms with Crippen LogP contribution < -0.4 is 15.5 Å². The summed E-state index contributed by atoms with van der Waals surface area (Å²) in [6.45, 7) is 0. The number of para-hydroxylation sites is 1. The Balaban J connectivity index is 1.54. The average molecular weight is 603 g/mol. The second-order valence-corrected chi connectivity index (χ2v) is 11.2. The van der Waals surface area contributed by atoms with Crippen LogP contribution in [0, 0.1) is 11.3 Å². The zero-order valence-electron chi connectivity index (χ0n) is 22.6. The van der Waals surface area contributed by atoms with Crippen LogP contribution in [-0.4, -0.2) is 45.4 Å². The molecule has 3 amide bonds. The Morgan fingerprint density at radius 2 is 1.88 bits per heavy atom. The van der Waals surface area contributed by atoms with Gasteiger partial charge in [-0.25, -0.2) is 8.78 Å². The largest absolute Gasteiger partial charge is 0.352 e. The van der Waals surface area contributed by atoms with E-state index in [4.69, 9.17) is 11.6 Å². The van der Waals surface area contributed by atoms with Crippen LogP contribution in [-0.2, 0) is 14.4 Å². The molecule has 0 bridgehead atoms. The number of aromatic amines is 1. The van der Waals surface area contributed by atoms with Gasteiger partial charge in [0.05, 0.1) is 35.0 Å². The van der Waals surface area contributed by atoms with Gasteiger partial charge in [0.25, 0.3) is 11.8 Å².